The Bertz CT molecular complexity index is 671. The van der Waals surface area contributed by atoms with Crippen molar-refractivity contribution in [3.05, 3.63) is 41.0 Å². The average molecular weight is 287 g/mol. The molecule has 2 N–H and O–H groups in total. The predicted molar refractivity (Wildman–Crippen MR) is 77.7 cm³/mol. The Morgan fingerprint density at radius 3 is 2.48 bits per heavy atom. The number of aliphatic hydroxyl groups excluding tert-OH is 1. The fraction of sp³-hybridized carbons (Fsp3) is 0.312. The highest BCUT2D eigenvalue weighted by Gasteiger charge is 2.42. The quantitative estimate of drug-likeness (QED) is 0.826. The Hall–Kier alpha value is -2.43. The normalized spacial score (nSPS) is 16.4. The van der Waals surface area contributed by atoms with E-state index >= 15 is 0 Å². The molecule has 110 valence electrons. The first kappa shape index (κ1) is 15.0. The lowest BCUT2D eigenvalue weighted by Crippen LogP contribution is -2.42. The molecule has 2 rings (SSSR count). The molecule has 1 aliphatic rings. The molecule has 1 aromatic rings. The van der Waals surface area contributed by atoms with E-state index in [0.717, 1.165) is 0 Å². The number of hydrogen-bond acceptors (Lipinski definition) is 4. The van der Waals surface area contributed by atoms with Gasteiger partial charge in [0.2, 0.25) is 0 Å². The summed E-state index contributed by atoms with van der Waals surface area (Å²) in [4.78, 5) is 35.6. The molecule has 0 atom stereocenters. The van der Waals surface area contributed by atoms with Crippen molar-refractivity contribution in [1.29, 1.82) is 0 Å². The summed E-state index contributed by atoms with van der Waals surface area (Å²) in [6.07, 6.45) is 0. The van der Waals surface area contributed by atoms with Gasteiger partial charge in [0.05, 0.1) is 12.0 Å². The van der Waals surface area contributed by atoms with Crippen molar-refractivity contribution in [3.8, 4) is 0 Å². The Labute approximate surface area is 122 Å². The molecular formula is C16H17NO4. The maximum Gasteiger partial charge on any atom is 0.259 e. The third-order valence-electron chi connectivity index (χ3n) is 3.61. The molecule has 0 aliphatic heterocycles. The van der Waals surface area contributed by atoms with E-state index in [9.17, 15) is 19.5 Å². The molecule has 0 heterocycles. The molecule has 0 unspecified atom stereocenters. The van der Waals surface area contributed by atoms with Crippen LogP contribution in [0.3, 0.4) is 0 Å². The number of carbonyl (C=O) groups is 3. The van der Waals surface area contributed by atoms with Crippen LogP contribution in [0, 0.1) is 0 Å². The predicted octanol–water partition coefficient (Wildman–Crippen LogP) is 1.52. The second-order valence-corrected chi connectivity index (χ2v) is 5.61. The fourth-order valence-corrected chi connectivity index (χ4v) is 2.42. The van der Waals surface area contributed by atoms with Crippen LogP contribution in [0.25, 0.3) is 5.76 Å². The molecule has 0 spiro atoms. The Balaban J connectivity index is 2.52. The summed E-state index contributed by atoms with van der Waals surface area (Å²) in [5.74, 6) is -1.75. The van der Waals surface area contributed by atoms with E-state index in [1.807, 2.05) is 0 Å². The van der Waals surface area contributed by atoms with Crippen LogP contribution in [-0.4, -0.2) is 29.1 Å². The molecule has 0 bridgehead atoms. The highest BCUT2D eigenvalue weighted by atomic mass is 16.3. The number of aliphatic hydroxyl groups is 1. The van der Waals surface area contributed by atoms with E-state index in [-0.39, 0.29) is 23.7 Å². The second-order valence-electron chi connectivity index (χ2n) is 5.61. The summed E-state index contributed by atoms with van der Waals surface area (Å²) in [7, 11) is 0. The van der Waals surface area contributed by atoms with Crippen molar-refractivity contribution in [1.82, 2.24) is 5.32 Å². The zero-order chi connectivity index (χ0) is 15.8. The lowest BCUT2D eigenvalue weighted by molar-refractivity contribution is -0.126. The van der Waals surface area contributed by atoms with Gasteiger partial charge in [0, 0.05) is 5.56 Å². The molecule has 1 aliphatic carbocycles. The third kappa shape index (κ3) is 2.46. The molecule has 0 radical (unpaired) electrons. The number of nitrogens with one attached hydrogen (secondary N) is 1. The van der Waals surface area contributed by atoms with Crippen LogP contribution >= 0.6 is 0 Å². The molecule has 21 heavy (non-hydrogen) atoms. The number of amides is 1. The highest BCUT2D eigenvalue weighted by molar-refractivity contribution is 6.28. The van der Waals surface area contributed by atoms with Gasteiger partial charge >= 0.3 is 0 Å². The van der Waals surface area contributed by atoms with Gasteiger partial charge < -0.3 is 10.4 Å². The number of benzene rings is 1. The summed E-state index contributed by atoms with van der Waals surface area (Å²) < 4.78 is 0. The minimum absolute atomic E-state index is 0.176. The Kier molecular flexibility index (Phi) is 3.68. The molecule has 5 nitrogen and oxygen atoms in total. The largest absolute Gasteiger partial charge is 0.506 e. The number of ketones is 2. The average Bonchev–Trinajstić information content (AvgIpc) is 2.43. The Morgan fingerprint density at radius 2 is 1.86 bits per heavy atom. The van der Waals surface area contributed by atoms with Crippen molar-refractivity contribution in [3.63, 3.8) is 0 Å². The number of fused-ring (bicyclic) bond motifs is 1. The third-order valence-corrected chi connectivity index (χ3v) is 3.61. The zero-order valence-corrected chi connectivity index (χ0v) is 12.2. The molecule has 0 saturated heterocycles. The van der Waals surface area contributed by atoms with Gasteiger partial charge in [-0.15, -0.1) is 0 Å². The fourth-order valence-electron chi connectivity index (χ4n) is 2.42. The summed E-state index contributed by atoms with van der Waals surface area (Å²) in [5.41, 5.74) is -0.0585. The van der Waals surface area contributed by atoms with Crippen molar-refractivity contribution < 1.29 is 19.5 Å². The van der Waals surface area contributed by atoms with Crippen LogP contribution < -0.4 is 5.32 Å². The highest BCUT2D eigenvalue weighted by Crippen LogP contribution is 2.38. The second kappa shape index (κ2) is 5.16. The van der Waals surface area contributed by atoms with E-state index in [4.69, 9.17) is 0 Å². The molecule has 0 fully saturated rings. The van der Waals surface area contributed by atoms with Crippen molar-refractivity contribution in [2.45, 2.75) is 26.2 Å². The van der Waals surface area contributed by atoms with Crippen LogP contribution in [0.1, 0.15) is 31.9 Å². The first-order valence-corrected chi connectivity index (χ1v) is 6.62. The maximum absolute atomic E-state index is 12.5. The number of hydrogen-bond donors (Lipinski definition) is 2. The van der Waals surface area contributed by atoms with Gasteiger partial charge in [-0.3, -0.25) is 14.4 Å². The van der Waals surface area contributed by atoms with E-state index in [1.165, 1.54) is 6.92 Å². The SMILES string of the molecule is CC(=O)CNC(=O)C1=C(O)c2ccccc2C(C)(C)C1=O. The number of carbonyl (C=O) groups excluding carboxylic acids is 3. The summed E-state index contributed by atoms with van der Waals surface area (Å²) >= 11 is 0. The van der Waals surface area contributed by atoms with E-state index < -0.39 is 17.1 Å². The van der Waals surface area contributed by atoms with Gasteiger partial charge in [-0.2, -0.15) is 0 Å². The monoisotopic (exact) mass is 287 g/mol. The lowest BCUT2D eigenvalue weighted by atomic mass is 9.71. The van der Waals surface area contributed by atoms with E-state index in [0.29, 0.717) is 11.1 Å². The van der Waals surface area contributed by atoms with Gasteiger partial charge in [0.1, 0.15) is 17.1 Å². The Morgan fingerprint density at radius 1 is 1.24 bits per heavy atom. The van der Waals surface area contributed by atoms with Crippen molar-refractivity contribution >= 4 is 23.2 Å². The minimum atomic E-state index is -0.911. The van der Waals surface area contributed by atoms with Gasteiger partial charge in [-0.1, -0.05) is 24.3 Å². The minimum Gasteiger partial charge on any atom is -0.506 e. The van der Waals surface area contributed by atoms with Gasteiger partial charge in [-0.25, -0.2) is 0 Å². The zero-order valence-electron chi connectivity index (χ0n) is 12.2. The topological polar surface area (TPSA) is 83.5 Å². The van der Waals surface area contributed by atoms with Crippen LogP contribution in [0.15, 0.2) is 29.8 Å². The van der Waals surface area contributed by atoms with Gasteiger partial charge in [0.25, 0.3) is 5.91 Å². The molecule has 0 saturated carbocycles. The van der Waals surface area contributed by atoms with Crippen molar-refractivity contribution in [2.24, 2.45) is 0 Å². The molecule has 1 aromatic carbocycles. The van der Waals surface area contributed by atoms with Gasteiger partial charge in [-0.05, 0) is 26.3 Å². The van der Waals surface area contributed by atoms with Crippen LogP contribution in [0.4, 0.5) is 0 Å². The summed E-state index contributed by atoms with van der Waals surface area (Å²) in [6, 6.07) is 6.93. The van der Waals surface area contributed by atoms with Crippen molar-refractivity contribution in [2.75, 3.05) is 6.54 Å². The summed E-state index contributed by atoms with van der Waals surface area (Å²) in [6.45, 7) is 4.57. The molecule has 5 heteroatoms. The first-order chi connectivity index (χ1) is 9.76. The van der Waals surface area contributed by atoms with E-state index in [2.05, 4.69) is 5.32 Å². The standard InChI is InChI=1S/C16H17NO4/c1-9(18)8-17-15(21)12-13(19)10-6-4-5-7-11(10)16(2,3)14(12)20/h4-7,19H,8H2,1-3H3,(H,17,21). The molecular weight excluding hydrogens is 270 g/mol. The molecule has 1 amide bonds. The van der Waals surface area contributed by atoms with Crippen LogP contribution in [0.2, 0.25) is 0 Å². The smallest absolute Gasteiger partial charge is 0.259 e. The maximum atomic E-state index is 12.5. The number of Topliss-reactive ketones (excluding diaryl/α,β-unsaturated/α-hetero) is 2. The first-order valence-electron chi connectivity index (χ1n) is 6.62. The summed E-state index contributed by atoms with van der Waals surface area (Å²) in [5, 5.41) is 12.6. The lowest BCUT2D eigenvalue weighted by Gasteiger charge is -2.31. The molecule has 0 aromatic heterocycles. The van der Waals surface area contributed by atoms with Crippen LogP contribution in [-0.2, 0) is 19.8 Å². The number of rotatable bonds is 3. The van der Waals surface area contributed by atoms with Crippen LogP contribution in [0.5, 0.6) is 0 Å². The van der Waals surface area contributed by atoms with E-state index in [1.54, 1.807) is 38.1 Å². The van der Waals surface area contributed by atoms with Gasteiger partial charge in [0.15, 0.2) is 5.78 Å².